The van der Waals surface area contributed by atoms with Crippen molar-refractivity contribution in [3.63, 3.8) is 0 Å². The average molecular weight is 302 g/mol. The highest BCUT2D eigenvalue weighted by Gasteiger charge is 2.33. The van der Waals surface area contributed by atoms with E-state index in [1.807, 2.05) is 0 Å². The first kappa shape index (κ1) is 14.4. The van der Waals surface area contributed by atoms with Crippen molar-refractivity contribution in [1.82, 2.24) is 4.98 Å². The highest BCUT2D eigenvalue weighted by atomic mass is 19.4. The molecule has 0 radical (unpaired) electrons. The molecule has 5 heteroatoms. The van der Waals surface area contributed by atoms with Gasteiger partial charge in [-0.1, -0.05) is 29.8 Å². The van der Waals surface area contributed by atoms with Crippen LogP contribution in [0, 0.1) is 6.92 Å². The lowest BCUT2D eigenvalue weighted by Crippen LogP contribution is -2.07. The predicted molar refractivity (Wildman–Crippen MR) is 81.3 cm³/mol. The second-order valence-electron chi connectivity index (χ2n) is 5.16. The number of anilines is 1. The zero-order chi connectivity index (χ0) is 15.9. The van der Waals surface area contributed by atoms with Gasteiger partial charge in [-0.2, -0.15) is 13.2 Å². The molecule has 0 fully saturated rings. The number of halogens is 3. The van der Waals surface area contributed by atoms with Crippen molar-refractivity contribution < 1.29 is 13.2 Å². The standard InChI is InChI=1S/C17H13F3N2/c1-10-6-7-15-12(8-10)13(17(18,19)20)9-16(22-15)11-4-2-3-5-14(11)21/h2-9H,21H2,1H3. The van der Waals surface area contributed by atoms with Crippen LogP contribution in [0.4, 0.5) is 18.9 Å². The van der Waals surface area contributed by atoms with Gasteiger partial charge < -0.3 is 5.73 Å². The molecule has 0 aliphatic rings. The van der Waals surface area contributed by atoms with E-state index in [1.54, 1.807) is 43.3 Å². The molecule has 2 nitrogen and oxygen atoms in total. The van der Waals surface area contributed by atoms with Crippen LogP contribution < -0.4 is 5.73 Å². The molecule has 0 atom stereocenters. The van der Waals surface area contributed by atoms with Gasteiger partial charge in [0.05, 0.1) is 16.8 Å². The SMILES string of the molecule is Cc1ccc2nc(-c3ccccc3N)cc(C(F)(F)F)c2c1. The van der Waals surface area contributed by atoms with E-state index in [0.717, 1.165) is 11.6 Å². The van der Waals surface area contributed by atoms with Gasteiger partial charge in [-0.3, -0.25) is 0 Å². The molecular formula is C17H13F3N2. The first-order valence-electron chi connectivity index (χ1n) is 6.70. The predicted octanol–water partition coefficient (Wildman–Crippen LogP) is 4.81. The van der Waals surface area contributed by atoms with Crippen LogP contribution >= 0.6 is 0 Å². The summed E-state index contributed by atoms with van der Waals surface area (Å²) < 4.78 is 40.2. The Balaban J connectivity index is 2.35. The number of benzene rings is 2. The highest BCUT2D eigenvalue weighted by Crippen LogP contribution is 2.37. The van der Waals surface area contributed by atoms with Gasteiger partial charge in [0.25, 0.3) is 0 Å². The lowest BCUT2D eigenvalue weighted by Gasteiger charge is -2.14. The molecule has 0 unspecified atom stereocenters. The van der Waals surface area contributed by atoms with Crippen LogP contribution in [0.3, 0.4) is 0 Å². The van der Waals surface area contributed by atoms with E-state index in [0.29, 0.717) is 16.8 Å². The van der Waals surface area contributed by atoms with E-state index < -0.39 is 11.7 Å². The molecule has 22 heavy (non-hydrogen) atoms. The molecule has 2 aromatic carbocycles. The van der Waals surface area contributed by atoms with Crippen LogP contribution in [-0.2, 0) is 6.18 Å². The van der Waals surface area contributed by atoms with Crippen molar-refractivity contribution in [1.29, 1.82) is 0 Å². The van der Waals surface area contributed by atoms with E-state index in [1.165, 1.54) is 6.07 Å². The van der Waals surface area contributed by atoms with Crippen LogP contribution in [0.25, 0.3) is 22.2 Å². The van der Waals surface area contributed by atoms with Gasteiger partial charge >= 0.3 is 6.18 Å². The number of nitrogens with two attached hydrogens (primary N) is 1. The summed E-state index contributed by atoms with van der Waals surface area (Å²) in [5, 5.41) is 0.103. The summed E-state index contributed by atoms with van der Waals surface area (Å²) in [5.41, 5.74) is 7.34. The Kier molecular flexibility index (Phi) is 3.28. The fourth-order valence-corrected chi connectivity index (χ4v) is 2.44. The summed E-state index contributed by atoms with van der Waals surface area (Å²) in [6.07, 6.45) is -4.45. The van der Waals surface area contributed by atoms with E-state index in [9.17, 15) is 13.2 Å². The molecule has 1 aromatic heterocycles. The Morgan fingerprint density at radius 1 is 1.00 bits per heavy atom. The van der Waals surface area contributed by atoms with E-state index in [2.05, 4.69) is 4.98 Å². The van der Waals surface area contributed by atoms with E-state index >= 15 is 0 Å². The van der Waals surface area contributed by atoms with Crippen molar-refractivity contribution in [3.8, 4) is 11.3 Å². The van der Waals surface area contributed by atoms with Gasteiger partial charge in [0.1, 0.15) is 0 Å². The molecular weight excluding hydrogens is 289 g/mol. The van der Waals surface area contributed by atoms with Gasteiger partial charge in [0.2, 0.25) is 0 Å². The topological polar surface area (TPSA) is 38.9 Å². The first-order valence-corrected chi connectivity index (χ1v) is 6.70. The number of aryl methyl sites for hydroxylation is 1. The number of rotatable bonds is 1. The van der Waals surface area contributed by atoms with Gasteiger partial charge in [-0.05, 0) is 31.2 Å². The van der Waals surface area contributed by atoms with Gasteiger partial charge in [-0.15, -0.1) is 0 Å². The number of hydrogen-bond acceptors (Lipinski definition) is 2. The molecule has 3 aromatic rings. The summed E-state index contributed by atoms with van der Waals surface area (Å²) in [6.45, 7) is 1.75. The molecule has 2 N–H and O–H groups in total. The number of nitrogen functional groups attached to an aromatic ring is 1. The van der Waals surface area contributed by atoms with Crippen LogP contribution in [0.15, 0.2) is 48.5 Å². The van der Waals surface area contributed by atoms with Crippen LogP contribution in [-0.4, -0.2) is 4.98 Å². The largest absolute Gasteiger partial charge is 0.417 e. The Labute approximate surface area is 125 Å². The van der Waals surface area contributed by atoms with Gasteiger partial charge in [0.15, 0.2) is 0 Å². The Morgan fingerprint density at radius 3 is 2.41 bits per heavy atom. The molecule has 3 rings (SSSR count). The van der Waals surface area contributed by atoms with E-state index in [-0.39, 0.29) is 11.1 Å². The number of alkyl halides is 3. The fourth-order valence-electron chi connectivity index (χ4n) is 2.44. The lowest BCUT2D eigenvalue weighted by atomic mass is 10.0. The molecule has 0 bridgehead atoms. The highest BCUT2D eigenvalue weighted by molar-refractivity contribution is 5.87. The number of fused-ring (bicyclic) bond motifs is 1. The zero-order valence-corrected chi connectivity index (χ0v) is 11.8. The minimum Gasteiger partial charge on any atom is -0.398 e. The fraction of sp³-hybridized carbons (Fsp3) is 0.118. The maximum Gasteiger partial charge on any atom is 0.417 e. The van der Waals surface area contributed by atoms with Crippen LogP contribution in [0.5, 0.6) is 0 Å². The van der Waals surface area contributed by atoms with Crippen molar-refractivity contribution in [2.45, 2.75) is 13.1 Å². The monoisotopic (exact) mass is 302 g/mol. The first-order chi connectivity index (χ1) is 10.4. The molecule has 0 spiro atoms. The lowest BCUT2D eigenvalue weighted by molar-refractivity contribution is -0.136. The Bertz CT molecular complexity index is 854. The minimum absolute atomic E-state index is 0.103. The second-order valence-corrected chi connectivity index (χ2v) is 5.16. The zero-order valence-electron chi connectivity index (χ0n) is 11.8. The maximum absolute atomic E-state index is 13.4. The number of nitrogens with zero attached hydrogens (tertiary/aromatic N) is 1. The third-order valence-electron chi connectivity index (χ3n) is 3.51. The Hall–Kier alpha value is -2.56. The minimum atomic E-state index is -4.45. The third kappa shape index (κ3) is 2.50. The molecule has 0 saturated carbocycles. The van der Waals surface area contributed by atoms with Crippen molar-refractivity contribution in [2.75, 3.05) is 5.73 Å². The van der Waals surface area contributed by atoms with Crippen molar-refractivity contribution >= 4 is 16.6 Å². The van der Waals surface area contributed by atoms with Crippen LogP contribution in [0.1, 0.15) is 11.1 Å². The molecule has 0 amide bonds. The smallest absolute Gasteiger partial charge is 0.398 e. The summed E-state index contributed by atoms with van der Waals surface area (Å²) >= 11 is 0. The summed E-state index contributed by atoms with van der Waals surface area (Å²) in [6, 6.07) is 12.7. The molecule has 0 saturated heterocycles. The summed E-state index contributed by atoms with van der Waals surface area (Å²) in [4.78, 5) is 4.34. The molecule has 0 aliphatic heterocycles. The third-order valence-corrected chi connectivity index (χ3v) is 3.51. The second kappa shape index (κ2) is 5.02. The molecule has 112 valence electrons. The molecule has 0 aliphatic carbocycles. The summed E-state index contributed by atoms with van der Waals surface area (Å²) in [7, 11) is 0. The van der Waals surface area contributed by atoms with Crippen LogP contribution in [0.2, 0.25) is 0 Å². The number of hydrogen-bond donors (Lipinski definition) is 1. The number of para-hydroxylation sites is 1. The normalized spacial score (nSPS) is 11.8. The number of aromatic nitrogens is 1. The maximum atomic E-state index is 13.4. The summed E-state index contributed by atoms with van der Waals surface area (Å²) in [5.74, 6) is 0. The van der Waals surface area contributed by atoms with Gasteiger partial charge in [0, 0.05) is 16.6 Å². The van der Waals surface area contributed by atoms with Gasteiger partial charge in [-0.25, -0.2) is 4.98 Å². The molecule has 1 heterocycles. The number of pyridine rings is 1. The van der Waals surface area contributed by atoms with Crippen molar-refractivity contribution in [2.24, 2.45) is 0 Å². The van der Waals surface area contributed by atoms with Crippen molar-refractivity contribution in [3.05, 3.63) is 59.7 Å². The average Bonchev–Trinajstić information content (AvgIpc) is 2.45. The van der Waals surface area contributed by atoms with E-state index in [4.69, 9.17) is 5.73 Å². The quantitative estimate of drug-likeness (QED) is 0.655. The Morgan fingerprint density at radius 2 is 1.73 bits per heavy atom.